The van der Waals surface area contributed by atoms with Gasteiger partial charge in [0.2, 0.25) is 0 Å². The first-order valence-electron chi connectivity index (χ1n) is 11.4. The van der Waals surface area contributed by atoms with Gasteiger partial charge in [0.05, 0.1) is 60.9 Å². The zero-order valence-electron chi connectivity index (χ0n) is 20.4. The topological polar surface area (TPSA) is 178 Å². The molecule has 36 heavy (non-hydrogen) atoms. The largest absolute Gasteiger partial charge is 0.445 e. The Hall–Kier alpha value is -2.00. The van der Waals surface area contributed by atoms with Crippen molar-refractivity contribution in [3.05, 3.63) is 28.8 Å². The zero-order chi connectivity index (χ0) is 26.8. The molecule has 1 aromatic carbocycles. The fourth-order valence-corrected chi connectivity index (χ4v) is 4.66. The molecule has 14 heteroatoms. The van der Waals surface area contributed by atoms with Crippen molar-refractivity contribution in [2.45, 2.75) is 23.8 Å². The number of halogens is 1. The SMILES string of the molecule is COCCCC(CS(=O)(=O)c1ccc(Cl)c(C(=O)NCCOCCOCCOCCN)c1)OC(N)=O. The molecule has 0 radical (unpaired) electrons. The highest BCUT2D eigenvalue weighted by atomic mass is 35.5. The van der Waals surface area contributed by atoms with E-state index in [4.69, 9.17) is 46.8 Å². The maximum absolute atomic E-state index is 12.9. The number of nitrogens with one attached hydrogen (secondary N) is 1. The highest BCUT2D eigenvalue weighted by Gasteiger charge is 2.25. The molecule has 0 aliphatic carbocycles. The number of hydrogen-bond donors (Lipinski definition) is 3. The molecule has 0 heterocycles. The minimum atomic E-state index is -3.93. The molecule has 0 fully saturated rings. The van der Waals surface area contributed by atoms with Gasteiger partial charge in [0, 0.05) is 26.8 Å². The number of primary amides is 1. The van der Waals surface area contributed by atoms with Crippen molar-refractivity contribution in [2.24, 2.45) is 11.5 Å². The molecular formula is C22H36ClN3O9S. The molecule has 206 valence electrons. The lowest BCUT2D eigenvalue weighted by atomic mass is 10.2. The minimum absolute atomic E-state index is 0.00898. The molecule has 0 aliphatic heterocycles. The first kappa shape index (κ1) is 32.0. The van der Waals surface area contributed by atoms with E-state index in [1.54, 1.807) is 0 Å². The molecular weight excluding hydrogens is 518 g/mol. The van der Waals surface area contributed by atoms with Crippen LogP contribution in [0.3, 0.4) is 0 Å². The standard InChI is InChI=1S/C22H36ClN3O9S/c1-31-8-2-3-17(35-22(25)28)16-36(29,30)18-4-5-20(23)19(15-18)21(27)26-7-10-33-12-14-34-13-11-32-9-6-24/h4-5,15,17H,2-3,6-14,16,24H2,1H3,(H2,25,28)(H,26,27). The van der Waals surface area contributed by atoms with Gasteiger partial charge in [-0.3, -0.25) is 4.79 Å². The molecule has 0 saturated carbocycles. The van der Waals surface area contributed by atoms with E-state index in [-0.39, 0.29) is 35.1 Å². The van der Waals surface area contributed by atoms with Gasteiger partial charge in [-0.2, -0.15) is 0 Å². The second-order valence-electron chi connectivity index (χ2n) is 7.50. The van der Waals surface area contributed by atoms with Crippen LogP contribution in [0.25, 0.3) is 0 Å². The van der Waals surface area contributed by atoms with E-state index < -0.39 is 33.7 Å². The van der Waals surface area contributed by atoms with E-state index in [9.17, 15) is 18.0 Å². The van der Waals surface area contributed by atoms with Crippen molar-refractivity contribution in [1.29, 1.82) is 0 Å². The summed E-state index contributed by atoms with van der Waals surface area (Å²) >= 11 is 6.12. The average Bonchev–Trinajstić information content (AvgIpc) is 2.82. The third kappa shape index (κ3) is 13.3. The molecule has 1 rings (SSSR count). The lowest BCUT2D eigenvalue weighted by molar-refractivity contribution is 0.0166. The van der Waals surface area contributed by atoms with Gasteiger partial charge in [0.15, 0.2) is 9.84 Å². The Morgan fingerprint density at radius 2 is 1.67 bits per heavy atom. The van der Waals surface area contributed by atoms with E-state index in [0.29, 0.717) is 52.6 Å². The Bertz CT molecular complexity index is 903. The van der Waals surface area contributed by atoms with Gasteiger partial charge >= 0.3 is 6.09 Å². The highest BCUT2D eigenvalue weighted by molar-refractivity contribution is 7.91. The summed E-state index contributed by atoms with van der Waals surface area (Å²) < 4.78 is 51.6. The predicted octanol–water partition coefficient (Wildman–Crippen LogP) is 0.743. The van der Waals surface area contributed by atoms with Crippen LogP contribution in [0.4, 0.5) is 4.79 Å². The third-order valence-corrected chi connectivity index (χ3v) is 6.75. The van der Waals surface area contributed by atoms with Crippen LogP contribution in [-0.4, -0.2) is 98.7 Å². The van der Waals surface area contributed by atoms with Gasteiger partial charge in [0.1, 0.15) is 6.10 Å². The Balaban J connectivity index is 2.58. The van der Waals surface area contributed by atoms with Crippen molar-refractivity contribution < 1.29 is 41.7 Å². The summed E-state index contributed by atoms with van der Waals surface area (Å²) in [4.78, 5) is 23.6. The minimum Gasteiger partial charge on any atom is -0.445 e. The van der Waals surface area contributed by atoms with Gasteiger partial charge in [0.25, 0.3) is 5.91 Å². The summed E-state index contributed by atoms with van der Waals surface area (Å²) in [7, 11) is -2.42. The van der Waals surface area contributed by atoms with Gasteiger partial charge in [-0.1, -0.05) is 11.6 Å². The lowest BCUT2D eigenvalue weighted by Gasteiger charge is -2.17. The predicted molar refractivity (Wildman–Crippen MR) is 133 cm³/mol. The van der Waals surface area contributed by atoms with E-state index in [1.807, 2.05) is 0 Å². The van der Waals surface area contributed by atoms with E-state index in [2.05, 4.69) is 5.32 Å². The summed E-state index contributed by atoms with van der Waals surface area (Å²) in [5.41, 5.74) is 10.4. The summed E-state index contributed by atoms with van der Waals surface area (Å²) in [6.07, 6.45) is -1.33. The van der Waals surface area contributed by atoms with Crippen LogP contribution in [0, 0.1) is 0 Å². The second kappa shape index (κ2) is 18.3. The third-order valence-electron chi connectivity index (χ3n) is 4.64. The first-order chi connectivity index (χ1) is 17.2. The van der Waals surface area contributed by atoms with Gasteiger partial charge < -0.3 is 40.5 Å². The number of ether oxygens (including phenoxy) is 5. The van der Waals surface area contributed by atoms with Gasteiger partial charge in [-0.05, 0) is 31.0 Å². The van der Waals surface area contributed by atoms with Crippen LogP contribution < -0.4 is 16.8 Å². The Morgan fingerprint density at radius 1 is 1.03 bits per heavy atom. The number of nitrogens with two attached hydrogens (primary N) is 2. The average molecular weight is 554 g/mol. The Labute approximate surface area is 216 Å². The van der Waals surface area contributed by atoms with Crippen LogP contribution >= 0.6 is 11.6 Å². The van der Waals surface area contributed by atoms with E-state index >= 15 is 0 Å². The number of carbonyl (C=O) groups is 2. The van der Waals surface area contributed by atoms with Gasteiger partial charge in [-0.15, -0.1) is 0 Å². The zero-order valence-corrected chi connectivity index (χ0v) is 22.0. The van der Waals surface area contributed by atoms with Gasteiger partial charge in [-0.25, -0.2) is 13.2 Å². The number of benzene rings is 1. The molecule has 1 unspecified atom stereocenters. The van der Waals surface area contributed by atoms with Crippen LogP contribution in [0.15, 0.2) is 23.1 Å². The lowest BCUT2D eigenvalue weighted by Crippen LogP contribution is -2.30. The Morgan fingerprint density at radius 3 is 2.28 bits per heavy atom. The highest BCUT2D eigenvalue weighted by Crippen LogP contribution is 2.23. The molecule has 1 atom stereocenters. The number of rotatable bonds is 20. The maximum Gasteiger partial charge on any atom is 0.404 e. The fraction of sp³-hybridized carbons (Fsp3) is 0.636. The number of sulfone groups is 1. The number of carbonyl (C=O) groups excluding carboxylic acids is 2. The summed E-state index contributed by atoms with van der Waals surface area (Å²) in [6.45, 7) is 3.31. The van der Waals surface area contributed by atoms with Crippen LogP contribution in [0.1, 0.15) is 23.2 Å². The first-order valence-corrected chi connectivity index (χ1v) is 13.4. The fourth-order valence-electron chi connectivity index (χ4n) is 2.97. The smallest absolute Gasteiger partial charge is 0.404 e. The summed E-state index contributed by atoms with van der Waals surface area (Å²) in [5, 5.41) is 2.72. The maximum atomic E-state index is 12.9. The van der Waals surface area contributed by atoms with Crippen molar-refractivity contribution in [1.82, 2.24) is 5.32 Å². The van der Waals surface area contributed by atoms with E-state index in [0.717, 1.165) is 0 Å². The molecule has 2 amide bonds. The molecule has 0 aromatic heterocycles. The van der Waals surface area contributed by atoms with Crippen LogP contribution in [0.5, 0.6) is 0 Å². The summed E-state index contributed by atoms with van der Waals surface area (Å²) in [6, 6.07) is 3.79. The number of methoxy groups -OCH3 is 1. The molecule has 1 aromatic rings. The van der Waals surface area contributed by atoms with Crippen molar-refractivity contribution >= 4 is 33.4 Å². The van der Waals surface area contributed by atoms with Crippen LogP contribution in [0.2, 0.25) is 5.02 Å². The molecule has 5 N–H and O–H groups in total. The molecule has 0 spiro atoms. The number of amides is 2. The normalized spacial score (nSPS) is 12.3. The molecule has 0 aliphatic rings. The molecule has 0 bridgehead atoms. The van der Waals surface area contributed by atoms with Crippen molar-refractivity contribution in [2.75, 3.05) is 72.2 Å². The van der Waals surface area contributed by atoms with Crippen LogP contribution in [-0.2, 0) is 33.5 Å². The Kier molecular flexibility index (Phi) is 16.3. The van der Waals surface area contributed by atoms with Crippen molar-refractivity contribution in [3.63, 3.8) is 0 Å². The number of hydrogen-bond acceptors (Lipinski definition) is 10. The monoisotopic (exact) mass is 553 g/mol. The summed E-state index contributed by atoms with van der Waals surface area (Å²) in [5.74, 6) is -1.06. The van der Waals surface area contributed by atoms with E-state index in [1.165, 1.54) is 25.3 Å². The molecule has 0 saturated heterocycles. The van der Waals surface area contributed by atoms with Crippen molar-refractivity contribution in [3.8, 4) is 0 Å². The second-order valence-corrected chi connectivity index (χ2v) is 9.94. The molecule has 12 nitrogen and oxygen atoms in total. The quantitative estimate of drug-likeness (QED) is 0.195.